The molecule has 0 saturated carbocycles. The molecule has 0 unspecified atom stereocenters. The van der Waals surface area contributed by atoms with Gasteiger partial charge in [0.2, 0.25) is 11.8 Å². The third kappa shape index (κ3) is 5.03. The third-order valence-electron chi connectivity index (χ3n) is 4.17. The number of piperidine rings is 1. The molecule has 23 heavy (non-hydrogen) atoms. The Hall–Kier alpha value is -1.43. The van der Waals surface area contributed by atoms with E-state index >= 15 is 0 Å². The number of likely N-dealkylation sites (tertiary alicyclic amines) is 1. The summed E-state index contributed by atoms with van der Waals surface area (Å²) in [4.78, 5) is 30.1. The molecule has 1 saturated heterocycles. The second kappa shape index (κ2) is 8.43. The summed E-state index contributed by atoms with van der Waals surface area (Å²) in [5.74, 6) is 0.738. The number of nitrogens with zero attached hydrogens (tertiary/aromatic N) is 2. The fraction of sp³-hybridized carbons (Fsp3) is 0.706. The minimum atomic E-state index is 0.0581. The van der Waals surface area contributed by atoms with Crippen LogP contribution in [0.4, 0.5) is 0 Å². The summed E-state index contributed by atoms with van der Waals surface area (Å²) in [6.45, 7) is 8.06. The SMILES string of the molecule is CCC(=O)NCCc1csc([C@H]2CCCN(C(=O)C(C)C)C2)n1. The van der Waals surface area contributed by atoms with Crippen molar-refractivity contribution in [2.24, 2.45) is 5.92 Å². The van der Waals surface area contributed by atoms with Gasteiger partial charge in [0.05, 0.1) is 10.7 Å². The van der Waals surface area contributed by atoms with Crippen molar-refractivity contribution < 1.29 is 9.59 Å². The van der Waals surface area contributed by atoms with Crippen molar-refractivity contribution in [3.8, 4) is 0 Å². The first-order chi connectivity index (χ1) is 11.0. The van der Waals surface area contributed by atoms with Crippen molar-refractivity contribution in [3.05, 3.63) is 16.1 Å². The number of carbonyl (C=O) groups is 2. The van der Waals surface area contributed by atoms with E-state index in [1.165, 1.54) is 0 Å². The van der Waals surface area contributed by atoms with E-state index < -0.39 is 0 Å². The van der Waals surface area contributed by atoms with Gasteiger partial charge in [-0.1, -0.05) is 20.8 Å². The zero-order valence-electron chi connectivity index (χ0n) is 14.3. The monoisotopic (exact) mass is 337 g/mol. The van der Waals surface area contributed by atoms with Crippen LogP contribution in [0.25, 0.3) is 0 Å². The van der Waals surface area contributed by atoms with Gasteiger partial charge in [0.1, 0.15) is 0 Å². The first kappa shape index (κ1) is 17.9. The molecule has 0 radical (unpaired) electrons. The molecule has 0 aromatic carbocycles. The molecule has 2 amide bonds. The highest BCUT2D eigenvalue weighted by Crippen LogP contribution is 2.29. The number of amides is 2. The molecule has 0 spiro atoms. The molecule has 2 rings (SSSR count). The number of hydrogen-bond donors (Lipinski definition) is 1. The number of nitrogens with one attached hydrogen (secondary N) is 1. The Labute approximate surface area is 142 Å². The van der Waals surface area contributed by atoms with Gasteiger partial charge in [0, 0.05) is 49.7 Å². The van der Waals surface area contributed by atoms with Crippen LogP contribution in [0.3, 0.4) is 0 Å². The van der Waals surface area contributed by atoms with E-state index in [-0.39, 0.29) is 17.7 Å². The van der Waals surface area contributed by atoms with Crippen molar-refractivity contribution in [2.45, 2.75) is 52.4 Å². The first-order valence-corrected chi connectivity index (χ1v) is 9.39. The predicted octanol–water partition coefficient (Wildman–Crippen LogP) is 2.57. The van der Waals surface area contributed by atoms with Crippen molar-refractivity contribution in [1.29, 1.82) is 0 Å². The minimum Gasteiger partial charge on any atom is -0.356 e. The van der Waals surface area contributed by atoms with Crippen LogP contribution >= 0.6 is 11.3 Å². The van der Waals surface area contributed by atoms with Crippen molar-refractivity contribution in [2.75, 3.05) is 19.6 Å². The Morgan fingerprint density at radius 2 is 2.26 bits per heavy atom. The lowest BCUT2D eigenvalue weighted by molar-refractivity contribution is -0.135. The molecule has 0 aliphatic carbocycles. The zero-order chi connectivity index (χ0) is 16.8. The normalized spacial score (nSPS) is 18.3. The number of aromatic nitrogens is 1. The largest absolute Gasteiger partial charge is 0.356 e. The van der Waals surface area contributed by atoms with Gasteiger partial charge >= 0.3 is 0 Å². The number of rotatable bonds is 6. The molecule has 2 heterocycles. The van der Waals surface area contributed by atoms with Gasteiger partial charge in [-0.15, -0.1) is 11.3 Å². The minimum absolute atomic E-state index is 0.0581. The molecule has 128 valence electrons. The molecule has 1 atom stereocenters. The van der Waals surface area contributed by atoms with Gasteiger partial charge in [0.15, 0.2) is 0 Å². The van der Waals surface area contributed by atoms with Crippen molar-refractivity contribution >= 4 is 23.2 Å². The van der Waals surface area contributed by atoms with Crippen LogP contribution in [0.1, 0.15) is 56.7 Å². The maximum absolute atomic E-state index is 12.2. The van der Waals surface area contributed by atoms with E-state index in [2.05, 4.69) is 10.7 Å². The van der Waals surface area contributed by atoms with Crippen molar-refractivity contribution in [1.82, 2.24) is 15.2 Å². The lowest BCUT2D eigenvalue weighted by Crippen LogP contribution is -2.41. The maximum Gasteiger partial charge on any atom is 0.225 e. The van der Waals surface area contributed by atoms with Gasteiger partial charge in [0.25, 0.3) is 0 Å². The highest BCUT2D eigenvalue weighted by atomic mass is 32.1. The lowest BCUT2D eigenvalue weighted by Gasteiger charge is -2.33. The quantitative estimate of drug-likeness (QED) is 0.868. The molecule has 0 bridgehead atoms. The van der Waals surface area contributed by atoms with Gasteiger partial charge in [-0.25, -0.2) is 4.98 Å². The molecular weight excluding hydrogens is 310 g/mol. The van der Waals surface area contributed by atoms with Crippen LogP contribution in [0.15, 0.2) is 5.38 Å². The predicted molar refractivity (Wildman–Crippen MR) is 92.5 cm³/mol. The number of carbonyl (C=O) groups excluding carboxylic acids is 2. The second-order valence-corrected chi connectivity index (χ2v) is 7.30. The summed E-state index contributed by atoms with van der Waals surface area (Å²) in [6, 6.07) is 0. The topological polar surface area (TPSA) is 62.3 Å². The molecule has 1 aromatic heterocycles. The van der Waals surface area contributed by atoms with E-state index in [1.54, 1.807) is 11.3 Å². The molecule has 1 aliphatic heterocycles. The molecule has 1 fully saturated rings. The third-order valence-corrected chi connectivity index (χ3v) is 5.23. The van der Waals surface area contributed by atoms with Crippen LogP contribution in [-0.2, 0) is 16.0 Å². The van der Waals surface area contributed by atoms with Crippen LogP contribution in [-0.4, -0.2) is 41.3 Å². The van der Waals surface area contributed by atoms with Crippen LogP contribution in [0.5, 0.6) is 0 Å². The van der Waals surface area contributed by atoms with E-state index in [0.29, 0.717) is 18.9 Å². The number of thiazole rings is 1. The average Bonchev–Trinajstić information content (AvgIpc) is 3.03. The molecule has 1 N–H and O–H groups in total. The Kier molecular flexibility index (Phi) is 6.57. The molecule has 6 heteroatoms. The summed E-state index contributed by atoms with van der Waals surface area (Å²) in [6.07, 6.45) is 3.43. The lowest BCUT2D eigenvalue weighted by atomic mass is 9.97. The average molecular weight is 337 g/mol. The molecule has 1 aliphatic rings. The fourth-order valence-electron chi connectivity index (χ4n) is 2.82. The highest BCUT2D eigenvalue weighted by molar-refractivity contribution is 7.09. The summed E-state index contributed by atoms with van der Waals surface area (Å²) in [5, 5.41) is 6.08. The van der Waals surface area contributed by atoms with Gasteiger partial charge in [-0.05, 0) is 12.8 Å². The first-order valence-electron chi connectivity index (χ1n) is 8.51. The van der Waals surface area contributed by atoms with Gasteiger partial charge in [-0.2, -0.15) is 0 Å². The summed E-state index contributed by atoms with van der Waals surface area (Å²) in [5.41, 5.74) is 1.04. The van der Waals surface area contributed by atoms with E-state index in [1.807, 2.05) is 25.7 Å². The Balaban J connectivity index is 1.89. The molecule has 1 aromatic rings. The van der Waals surface area contributed by atoms with E-state index in [9.17, 15) is 9.59 Å². The van der Waals surface area contributed by atoms with Crippen LogP contribution in [0.2, 0.25) is 0 Å². The summed E-state index contributed by atoms with van der Waals surface area (Å²) in [7, 11) is 0. The van der Waals surface area contributed by atoms with Crippen molar-refractivity contribution in [3.63, 3.8) is 0 Å². The van der Waals surface area contributed by atoms with E-state index in [0.717, 1.165) is 43.1 Å². The summed E-state index contributed by atoms with van der Waals surface area (Å²) >= 11 is 1.68. The Morgan fingerprint density at radius 3 is 2.96 bits per heavy atom. The number of hydrogen-bond acceptors (Lipinski definition) is 4. The van der Waals surface area contributed by atoms with Gasteiger partial charge in [-0.3, -0.25) is 9.59 Å². The smallest absolute Gasteiger partial charge is 0.225 e. The highest BCUT2D eigenvalue weighted by Gasteiger charge is 2.27. The standard InChI is InChI=1S/C17H27N3O2S/c1-4-15(21)18-8-7-14-11-23-16(19-14)13-6-5-9-20(10-13)17(22)12(2)3/h11-13H,4-10H2,1-3H3,(H,18,21)/t13-/m0/s1. The van der Waals surface area contributed by atoms with Gasteiger partial charge < -0.3 is 10.2 Å². The van der Waals surface area contributed by atoms with E-state index in [4.69, 9.17) is 4.98 Å². The molecular formula is C17H27N3O2S. The maximum atomic E-state index is 12.2. The van der Waals surface area contributed by atoms with Crippen LogP contribution in [0, 0.1) is 5.92 Å². The fourth-order valence-corrected chi connectivity index (χ4v) is 3.81. The molecule has 5 nitrogen and oxygen atoms in total. The zero-order valence-corrected chi connectivity index (χ0v) is 15.1. The van der Waals surface area contributed by atoms with Crippen LogP contribution < -0.4 is 5.32 Å². The Bertz CT molecular complexity index is 542. The summed E-state index contributed by atoms with van der Waals surface area (Å²) < 4.78 is 0. The second-order valence-electron chi connectivity index (χ2n) is 6.41. The Morgan fingerprint density at radius 1 is 1.48 bits per heavy atom.